The highest BCUT2D eigenvalue weighted by atomic mass is 19.2. The van der Waals surface area contributed by atoms with Gasteiger partial charge in [-0.05, 0) is 29.7 Å². The van der Waals surface area contributed by atoms with Crippen LogP contribution in [0.4, 0.5) is 8.78 Å². The van der Waals surface area contributed by atoms with E-state index in [0.717, 1.165) is 17.7 Å². The molecule has 0 fully saturated rings. The van der Waals surface area contributed by atoms with Gasteiger partial charge in [-0.3, -0.25) is 0 Å². The number of rotatable bonds is 4. The quantitative estimate of drug-likeness (QED) is 0.890. The molecule has 2 rings (SSSR count). The molecule has 0 saturated carbocycles. The molecule has 0 radical (unpaired) electrons. The molecular weight excluding hydrogens is 248 g/mol. The van der Waals surface area contributed by atoms with Crippen molar-refractivity contribution in [1.29, 1.82) is 0 Å². The molecule has 2 nitrogen and oxygen atoms in total. The standard InChI is InChI=1S/C15H15F2NO/c16-12-7-6-11(9-13(12)17)15(19)14(18)8-10-4-2-1-3-5-10/h1-7,9,14-15,19H,8,18H2. The largest absolute Gasteiger partial charge is 0.387 e. The molecule has 2 atom stereocenters. The average molecular weight is 263 g/mol. The van der Waals surface area contributed by atoms with Crippen molar-refractivity contribution >= 4 is 0 Å². The zero-order chi connectivity index (χ0) is 13.8. The minimum absolute atomic E-state index is 0.280. The molecule has 0 amide bonds. The van der Waals surface area contributed by atoms with Gasteiger partial charge in [-0.1, -0.05) is 36.4 Å². The van der Waals surface area contributed by atoms with E-state index in [0.29, 0.717) is 6.42 Å². The first-order valence-corrected chi connectivity index (χ1v) is 6.00. The Balaban J connectivity index is 2.10. The Morgan fingerprint density at radius 2 is 1.68 bits per heavy atom. The number of halogens is 2. The SMILES string of the molecule is NC(Cc1ccccc1)C(O)c1ccc(F)c(F)c1. The number of nitrogens with two attached hydrogens (primary N) is 1. The number of benzene rings is 2. The van der Waals surface area contributed by atoms with E-state index in [2.05, 4.69) is 0 Å². The zero-order valence-electron chi connectivity index (χ0n) is 10.3. The van der Waals surface area contributed by atoms with Gasteiger partial charge in [0, 0.05) is 6.04 Å². The minimum atomic E-state index is -1.03. The van der Waals surface area contributed by atoms with Gasteiger partial charge < -0.3 is 10.8 Å². The average Bonchev–Trinajstić information content (AvgIpc) is 2.42. The van der Waals surface area contributed by atoms with Gasteiger partial charge in [0.25, 0.3) is 0 Å². The molecule has 0 aromatic heterocycles. The van der Waals surface area contributed by atoms with E-state index in [1.165, 1.54) is 6.07 Å². The fourth-order valence-electron chi connectivity index (χ4n) is 1.94. The second kappa shape index (κ2) is 5.91. The number of hydrogen-bond acceptors (Lipinski definition) is 2. The molecule has 2 unspecified atom stereocenters. The van der Waals surface area contributed by atoms with E-state index in [1.807, 2.05) is 30.3 Å². The second-order valence-electron chi connectivity index (χ2n) is 4.47. The number of hydrogen-bond donors (Lipinski definition) is 2. The first-order chi connectivity index (χ1) is 9.08. The Hall–Kier alpha value is -1.78. The van der Waals surface area contributed by atoms with E-state index in [9.17, 15) is 13.9 Å². The van der Waals surface area contributed by atoms with E-state index in [1.54, 1.807) is 0 Å². The van der Waals surface area contributed by atoms with Crippen molar-refractivity contribution in [3.8, 4) is 0 Å². The molecule has 4 heteroatoms. The monoisotopic (exact) mass is 263 g/mol. The summed E-state index contributed by atoms with van der Waals surface area (Å²) in [6.45, 7) is 0. The van der Waals surface area contributed by atoms with Crippen LogP contribution in [0.5, 0.6) is 0 Å². The Morgan fingerprint density at radius 1 is 1.00 bits per heavy atom. The summed E-state index contributed by atoms with van der Waals surface area (Å²) in [5.41, 5.74) is 7.17. The topological polar surface area (TPSA) is 46.2 Å². The van der Waals surface area contributed by atoms with E-state index < -0.39 is 23.8 Å². The fraction of sp³-hybridized carbons (Fsp3) is 0.200. The molecule has 0 aliphatic rings. The lowest BCUT2D eigenvalue weighted by atomic mass is 9.97. The number of aliphatic hydroxyl groups excluding tert-OH is 1. The highest BCUT2D eigenvalue weighted by Crippen LogP contribution is 2.20. The summed E-state index contributed by atoms with van der Waals surface area (Å²) in [6.07, 6.45) is -0.573. The molecule has 0 saturated heterocycles. The summed E-state index contributed by atoms with van der Waals surface area (Å²) in [7, 11) is 0. The van der Waals surface area contributed by atoms with E-state index in [-0.39, 0.29) is 5.56 Å². The summed E-state index contributed by atoms with van der Waals surface area (Å²) < 4.78 is 25.9. The van der Waals surface area contributed by atoms with Crippen LogP contribution in [0.25, 0.3) is 0 Å². The Morgan fingerprint density at radius 3 is 2.32 bits per heavy atom. The summed E-state index contributed by atoms with van der Waals surface area (Å²) >= 11 is 0. The lowest BCUT2D eigenvalue weighted by molar-refractivity contribution is 0.145. The van der Waals surface area contributed by atoms with Gasteiger partial charge >= 0.3 is 0 Å². The van der Waals surface area contributed by atoms with E-state index in [4.69, 9.17) is 5.73 Å². The van der Waals surface area contributed by atoms with Crippen LogP contribution in [0, 0.1) is 11.6 Å². The van der Waals surface area contributed by atoms with Crippen LogP contribution in [0.1, 0.15) is 17.2 Å². The zero-order valence-corrected chi connectivity index (χ0v) is 10.3. The second-order valence-corrected chi connectivity index (χ2v) is 4.47. The van der Waals surface area contributed by atoms with Gasteiger partial charge in [-0.25, -0.2) is 8.78 Å². The van der Waals surface area contributed by atoms with Gasteiger partial charge in [0.15, 0.2) is 11.6 Å². The van der Waals surface area contributed by atoms with Crippen LogP contribution in [0.2, 0.25) is 0 Å². The lowest BCUT2D eigenvalue weighted by Gasteiger charge is -2.19. The van der Waals surface area contributed by atoms with Crippen molar-refractivity contribution in [2.45, 2.75) is 18.6 Å². The van der Waals surface area contributed by atoms with Crippen molar-refractivity contribution in [2.75, 3.05) is 0 Å². The molecule has 0 spiro atoms. The van der Waals surface area contributed by atoms with Crippen molar-refractivity contribution in [2.24, 2.45) is 5.73 Å². The first-order valence-electron chi connectivity index (χ1n) is 6.00. The molecular formula is C15H15F2NO. The summed E-state index contributed by atoms with van der Waals surface area (Å²) in [4.78, 5) is 0. The van der Waals surface area contributed by atoms with Gasteiger partial charge in [0.05, 0.1) is 6.10 Å². The maximum absolute atomic E-state index is 13.1. The highest BCUT2D eigenvalue weighted by molar-refractivity contribution is 5.23. The molecule has 2 aromatic carbocycles. The number of aliphatic hydroxyl groups is 1. The smallest absolute Gasteiger partial charge is 0.159 e. The summed E-state index contributed by atoms with van der Waals surface area (Å²) in [6, 6.07) is 12.2. The third kappa shape index (κ3) is 3.36. The lowest BCUT2D eigenvalue weighted by Crippen LogP contribution is -2.30. The van der Waals surface area contributed by atoms with Crippen LogP contribution in [-0.2, 0) is 6.42 Å². The Bertz CT molecular complexity index is 545. The van der Waals surface area contributed by atoms with Crippen molar-refractivity contribution < 1.29 is 13.9 Å². The van der Waals surface area contributed by atoms with Crippen LogP contribution < -0.4 is 5.73 Å². The molecule has 100 valence electrons. The molecule has 19 heavy (non-hydrogen) atoms. The summed E-state index contributed by atoms with van der Waals surface area (Å²) in [5, 5.41) is 10.1. The van der Waals surface area contributed by atoms with Crippen LogP contribution in [-0.4, -0.2) is 11.1 Å². The molecule has 0 aliphatic heterocycles. The van der Waals surface area contributed by atoms with Gasteiger partial charge in [0.2, 0.25) is 0 Å². The normalized spacial score (nSPS) is 14.1. The molecule has 0 aliphatic carbocycles. The van der Waals surface area contributed by atoms with Crippen molar-refractivity contribution in [3.63, 3.8) is 0 Å². The van der Waals surface area contributed by atoms with Crippen molar-refractivity contribution in [1.82, 2.24) is 0 Å². The van der Waals surface area contributed by atoms with E-state index >= 15 is 0 Å². The van der Waals surface area contributed by atoms with Gasteiger partial charge in [0.1, 0.15) is 0 Å². The third-order valence-electron chi connectivity index (χ3n) is 3.00. The predicted molar refractivity (Wildman–Crippen MR) is 69.4 cm³/mol. The van der Waals surface area contributed by atoms with Gasteiger partial charge in [-0.15, -0.1) is 0 Å². The molecule has 0 heterocycles. The predicted octanol–water partition coefficient (Wildman–Crippen LogP) is 2.57. The fourth-order valence-corrected chi connectivity index (χ4v) is 1.94. The molecule has 2 aromatic rings. The van der Waals surface area contributed by atoms with Crippen LogP contribution in [0.15, 0.2) is 48.5 Å². The maximum atomic E-state index is 13.1. The Labute approximate surface area is 110 Å². The first kappa shape index (κ1) is 13.6. The minimum Gasteiger partial charge on any atom is -0.387 e. The Kier molecular flexibility index (Phi) is 4.24. The highest BCUT2D eigenvalue weighted by Gasteiger charge is 2.18. The summed E-state index contributed by atoms with van der Waals surface area (Å²) in [5.74, 6) is -1.92. The van der Waals surface area contributed by atoms with Crippen molar-refractivity contribution in [3.05, 3.63) is 71.3 Å². The third-order valence-corrected chi connectivity index (χ3v) is 3.00. The van der Waals surface area contributed by atoms with Gasteiger partial charge in [-0.2, -0.15) is 0 Å². The maximum Gasteiger partial charge on any atom is 0.159 e. The van der Waals surface area contributed by atoms with Crippen LogP contribution in [0.3, 0.4) is 0 Å². The van der Waals surface area contributed by atoms with Crippen LogP contribution >= 0.6 is 0 Å². The molecule has 3 N–H and O–H groups in total. The molecule has 0 bridgehead atoms.